The molecular weight excluding hydrogens is 442 g/mol. The van der Waals surface area contributed by atoms with Crippen molar-refractivity contribution in [1.29, 1.82) is 0 Å². The van der Waals surface area contributed by atoms with Crippen LogP contribution in [0.2, 0.25) is 0 Å². The maximum absolute atomic E-state index is 13.3. The summed E-state index contributed by atoms with van der Waals surface area (Å²) < 4.78 is 38.1. The Kier molecular flexibility index (Phi) is 7.68. The number of nitrogens with zero attached hydrogens (tertiary/aromatic N) is 2. The highest BCUT2D eigenvalue weighted by Gasteiger charge is 2.27. The number of nitrogens with one attached hydrogen (secondary N) is 1. The second kappa shape index (κ2) is 10.6. The minimum Gasteiger partial charge on any atom is -0.497 e. The van der Waals surface area contributed by atoms with Gasteiger partial charge in [-0.3, -0.25) is 9.10 Å². The Morgan fingerprint density at radius 1 is 0.909 bits per heavy atom. The number of methoxy groups -OCH3 is 2. The van der Waals surface area contributed by atoms with Gasteiger partial charge in [-0.05, 0) is 61.0 Å². The summed E-state index contributed by atoms with van der Waals surface area (Å²) >= 11 is 0. The Hall–Kier alpha value is -3.85. The molecule has 1 N–H and O–H groups in total. The van der Waals surface area contributed by atoms with Crippen LogP contribution < -0.4 is 19.2 Å². The first-order valence-corrected chi connectivity index (χ1v) is 11.5. The molecule has 3 aromatic rings. The third kappa shape index (κ3) is 5.89. The lowest BCUT2D eigenvalue weighted by molar-refractivity contribution is -0.119. The van der Waals surface area contributed by atoms with Gasteiger partial charge in [0, 0.05) is 6.07 Å². The minimum absolute atomic E-state index is 0.0681. The van der Waals surface area contributed by atoms with Crippen molar-refractivity contribution in [2.24, 2.45) is 5.10 Å². The van der Waals surface area contributed by atoms with E-state index in [-0.39, 0.29) is 4.90 Å². The average Bonchev–Trinajstić information content (AvgIpc) is 2.86. The molecule has 33 heavy (non-hydrogen) atoms. The lowest BCUT2D eigenvalue weighted by Gasteiger charge is -2.24. The summed E-state index contributed by atoms with van der Waals surface area (Å²) in [5.41, 5.74) is 4.09. The number of hydrazone groups is 1. The number of benzene rings is 3. The van der Waals surface area contributed by atoms with Crippen LogP contribution in [0.1, 0.15) is 12.5 Å². The Morgan fingerprint density at radius 3 is 2.21 bits per heavy atom. The maximum atomic E-state index is 13.3. The van der Waals surface area contributed by atoms with Gasteiger partial charge in [0.2, 0.25) is 0 Å². The minimum atomic E-state index is -4.02. The number of rotatable bonds is 9. The molecule has 0 saturated carbocycles. The van der Waals surface area contributed by atoms with Gasteiger partial charge < -0.3 is 9.47 Å². The van der Waals surface area contributed by atoms with Crippen molar-refractivity contribution < 1.29 is 22.7 Å². The van der Waals surface area contributed by atoms with Gasteiger partial charge in [0.05, 0.1) is 30.5 Å². The van der Waals surface area contributed by atoms with Gasteiger partial charge in [-0.15, -0.1) is 0 Å². The van der Waals surface area contributed by atoms with E-state index >= 15 is 0 Å². The number of hydrogen-bond acceptors (Lipinski definition) is 6. The Morgan fingerprint density at radius 2 is 1.58 bits per heavy atom. The van der Waals surface area contributed by atoms with E-state index in [0.29, 0.717) is 22.9 Å². The van der Waals surface area contributed by atoms with Crippen molar-refractivity contribution in [2.75, 3.05) is 25.1 Å². The molecule has 3 aromatic carbocycles. The smallest absolute Gasteiger partial charge is 0.264 e. The number of hydrogen-bond donors (Lipinski definition) is 1. The fourth-order valence-electron chi connectivity index (χ4n) is 3.01. The number of carbonyl (C=O) groups is 1. The second-order valence-corrected chi connectivity index (χ2v) is 8.85. The van der Waals surface area contributed by atoms with Gasteiger partial charge in [-0.25, -0.2) is 13.8 Å². The van der Waals surface area contributed by atoms with Gasteiger partial charge in [0.25, 0.3) is 15.9 Å². The van der Waals surface area contributed by atoms with Gasteiger partial charge >= 0.3 is 0 Å². The van der Waals surface area contributed by atoms with Gasteiger partial charge in [-0.2, -0.15) is 5.10 Å². The SMILES string of the molecule is COc1ccc(/C(C)=N\NC(=O)CN(c2cccc(OC)c2)S(=O)(=O)c2ccccc2)cc1. The number of ether oxygens (including phenoxy) is 2. The molecule has 0 fully saturated rings. The van der Waals surface area contributed by atoms with E-state index in [1.165, 1.54) is 19.2 Å². The molecule has 0 heterocycles. The summed E-state index contributed by atoms with van der Waals surface area (Å²) in [6, 6.07) is 21.6. The van der Waals surface area contributed by atoms with Crippen molar-refractivity contribution in [3.05, 3.63) is 84.4 Å². The van der Waals surface area contributed by atoms with E-state index in [1.807, 2.05) is 12.1 Å². The van der Waals surface area contributed by atoms with E-state index in [1.54, 1.807) is 68.6 Å². The van der Waals surface area contributed by atoms with Crippen molar-refractivity contribution >= 4 is 27.3 Å². The summed E-state index contributed by atoms with van der Waals surface area (Å²) in [6.45, 7) is 1.27. The molecule has 0 aliphatic rings. The average molecular weight is 468 g/mol. The molecule has 9 heteroatoms. The third-order valence-corrected chi connectivity index (χ3v) is 6.60. The monoisotopic (exact) mass is 467 g/mol. The predicted octanol–water partition coefficient (Wildman–Crippen LogP) is 3.44. The van der Waals surface area contributed by atoms with E-state index < -0.39 is 22.5 Å². The first-order chi connectivity index (χ1) is 15.8. The molecule has 172 valence electrons. The molecule has 0 unspecified atom stereocenters. The Balaban J connectivity index is 1.85. The summed E-state index contributed by atoms with van der Waals surface area (Å²) in [5.74, 6) is 0.579. The number of anilines is 1. The molecule has 0 atom stereocenters. The van der Waals surface area contributed by atoms with Crippen LogP contribution in [0.4, 0.5) is 5.69 Å². The number of amides is 1. The van der Waals surface area contributed by atoms with Crippen LogP contribution in [0.5, 0.6) is 11.5 Å². The zero-order valence-electron chi connectivity index (χ0n) is 18.6. The highest BCUT2D eigenvalue weighted by atomic mass is 32.2. The van der Waals surface area contributed by atoms with Crippen LogP contribution in [0.25, 0.3) is 0 Å². The first kappa shape index (κ1) is 23.8. The highest BCUT2D eigenvalue weighted by Crippen LogP contribution is 2.26. The standard InChI is InChI=1S/C24H25N3O5S/c1-18(19-12-14-21(31-2)15-13-19)25-26-24(28)17-27(20-8-7-9-22(16-20)32-3)33(29,30)23-10-5-4-6-11-23/h4-16H,17H2,1-3H3,(H,26,28)/b25-18-. The number of carbonyl (C=O) groups excluding carboxylic acids is 1. The molecule has 0 radical (unpaired) electrons. The van der Waals surface area contributed by atoms with Crippen LogP contribution in [0, 0.1) is 0 Å². The lowest BCUT2D eigenvalue weighted by Crippen LogP contribution is -2.39. The summed E-state index contributed by atoms with van der Waals surface area (Å²) in [6.07, 6.45) is 0. The van der Waals surface area contributed by atoms with Crippen molar-refractivity contribution in [3.63, 3.8) is 0 Å². The Bertz CT molecular complexity index is 1230. The molecule has 0 saturated heterocycles. The van der Waals surface area contributed by atoms with Gasteiger partial charge in [0.1, 0.15) is 18.0 Å². The summed E-state index contributed by atoms with van der Waals surface area (Å²) in [4.78, 5) is 12.8. The fraction of sp³-hybridized carbons (Fsp3) is 0.167. The maximum Gasteiger partial charge on any atom is 0.264 e. The van der Waals surface area contributed by atoms with Gasteiger partial charge in [-0.1, -0.05) is 24.3 Å². The zero-order valence-corrected chi connectivity index (χ0v) is 19.4. The first-order valence-electron chi connectivity index (χ1n) is 10.0. The molecule has 3 rings (SSSR count). The number of sulfonamides is 1. The predicted molar refractivity (Wildman–Crippen MR) is 127 cm³/mol. The van der Waals surface area contributed by atoms with Crippen LogP contribution >= 0.6 is 0 Å². The van der Waals surface area contributed by atoms with Crippen molar-refractivity contribution in [3.8, 4) is 11.5 Å². The van der Waals surface area contributed by atoms with E-state index in [9.17, 15) is 13.2 Å². The van der Waals surface area contributed by atoms with Crippen LogP contribution in [0.3, 0.4) is 0 Å². The summed E-state index contributed by atoms with van der Waals surface area (Å²) in [5, 5.41) is 4.12. The molecule has 8 nitrogen and oxygen atoms in total. The zero-order chi connectivity index (χ0) is 23.8. The van der Waals surface area contributed by atoms with Crippen LogP contribution in [0.15, 0.2) is 88.9 Å². The third-order valence-electron chi connectivity index (χ3n) is 4.82. The van der Waals surface area contributed by atoms with Crippen LogP contribution in [-0.4, -0.2) is 40.8 Å². The molecule has 0 aliphatic heterocycles. The lowest BCUT2D eigenvalue weighted by atomic mass is 10.1. The van der Waals surface area contributed by atoms with Crippen LogP contribution in [-0.2, 0) is 14.8 Å². The molecule has 0 aliphatic carbocycles. The highest BCUT2D eigenvalue weighted by molar-refractivity contribution is 7.92. The van der Waals surface area contributed by atoms with E-state index in [4.69, 9.17) is 9.47 Å². The quantitative estimate of drug-likeness (QED) is 0.384. The normalized spacial score (nSPS) is 11.5. The molecule has 0 spiro atoms. The Labute approximate surface area is 193 Å². The van der Waals surface area contributed by atoms with Crippen molar-refractivity contribution in [1.82, 2.24) is 5.43 Å². The molecule has 0 aromatic heterocycles. The van der Waals surface area contributed by atoms with Crippen molar-refractivity contribution in [2.45, 2.75) is 11.8 Å². The molecular formula is C24H25N3O5S. The molecule has 1 amide bonds. The van der Waals surface area contributed by atoms with E-state index in [2.05, 4.69) is 10.5 Å². The topological polar surface area (TPSA) is 97.3 Å². The summed E-state index contributed by atoms with van der Waals surface area (Å²) in [7, 11) is -0.956. The second-order valence-electron chi connectivity index (χ2n) is 6.99. The van der Waals surface area contributed by atoms with E-state index in [0.717, 1.165) is 9.87 Å². The van der Waals surface area contributed by atoms with Gasteiger partial charge in [0.15, 0.2) is 0 Å². The molecule has 0 bridgehead atoms. The largest absolute Gasteiger partial charge is 0.497 e. The fourth-order valence-corrected chi connectivity index (χ4v) is 4.44.